The van der Waals surface area contributed by atoms with Gasteiger partial charge in [-0.25, -0.2) is 0 Å². The maximum absolute atomic E-state index is 10.7. The Morgan fingerprint density at radius 3 is 2.73 bits per heavy atom. The van der Waals surface area contributed by atoms with Crippen molar-refractivity contribution in [3.05, 3.63) is 0 Å². The van der Waals surface area contributed by atoms with Crippen LogP contribution in [-0.4, -0.2) is 25.2 Å². The van der Waals surface area contributed by atoms with Crippen LogP contribution >= 0.6 is 0 Å². The van der Waals surface area contributed by atoms with Crippen LogP contribution in [0.25, 0.3) is 0 Å². The molecule has 62 valence electrons. The molecular weight excluding hydrogens is 142 g/mol. The van der Waals surface area contributed by atoms with Gasteiger partial charge in [0.15, 0.2) is 0 Å². The lowest BCUT2D eigenvalue weighted by Gasteiger charge is -2.35. The maximum Gasteiger partial charge on any atom is 0.246 e. The van der Waals surface area contributed by atoms with Gasteiger partial charge in [0, 0.05) is 6.54 Å². The fraction of sp³-hybridized carbons (Fsp3) is 0.875. The second-order valence-electron chi connectivity index (χ2n) is 3.34. The molecule has 11 heavy (non-hydrogen) atoms. The molecule has 2 fully saturated rings. The number of hydrogen-bond acceptors (Lipinski definition) is 2. The maximum atomic E-state index is 10.7. The second kappa shape index (κ2) is 2.81. The van der Waals surface area contributed by atoms with E-state index in [0.717, 1.165) is 12.5 Å². The first kappa shape index (κ1) is 7.10. The summed E-state index contributed by atoms with van der Waals surface area (Å²) in [6, 6.07) is 0. The Kier molecular flexibility index (Phi) is 1.82. The molecule has 3 heteroatoms. The molecule has 0 radical (unpaired) electrons. The van der Waals surface area contributed by atoms with E-state index in [1.165, 1.54) is 19.3 Å². The van der Waals surface area contributed by atoms with Crippen LogP contribution in [0.1, 0.15) is 19.3 Å². The third kappa shape index (κ3) is 1.38. The monoisotopic (exact) mass is 155 g/mol. The van der Waals surface area contributed by atoms with E-state index >= 15 is 0 Å². The summed E-state index contributed by atoms with van der Waals surface area (Å²) < 4.78 is 5.38. The van der Waals surface area contributed by atoms with Crippen LogP contribution in [0.4, 0.5) is 0 Å². The van der Waals surface area contributed by atoms with Crippen molar-refractivity contribution in [1.29, 1.82) is 0 Å². The first-order valence-electron chi connectivity index (χ1n) is 4.24. The first-order chi connectivity index (χ1) is 5.36. The molecule has 0 aromatic carbocycles. The van der Waals surface area contributed by atoms with Crippen molar-refractivity contribution in [3.8, 4) is 0 Å². The van der Waals surface area contributed by atoms with E-state index < -0.39 is 0 Å². The van der Waals surface area contributed by atoms with E-state index in [-0.39, 0.29) is 12.5 Å². The number of nitrogens with one attached hydrogen (secondary N) is 1. The van der Waals surface area contributed by atoms with Crippen molar-refractivity contribution in [2.45, 2.75) is 25.4 Å². The molecule has 1 N–H and O–H groups in total. The average Bonchev–Trinajstić information content (AvgIpc) is 1.90. The van der Waals surface area contributed by atoms with E-state index in [1.807, 2.05) is 0 Å². The van der Waals surface area contributed by atoms with Gasteiger partial charge in [0.1, 0.15) is 6.61 Å². The summed E-state index contributed by atoms with van der Waals surface area (Å²) in [4.78, 5) is 10.7. The summed E-state index contributed by atoms with van der Waals surface area (Å²) in [7, 11) is 0. The zero-order chi connectivity index (χ0) is 7.68. The molecule has 1 amide bonds. The molecule has 0 spiro atoms. The fourth-order valence-electron chi connectivity index (χ4n) is 1.62. The molecule has 0 unspecified atom stereocenters. The van der Waals surface area contributed by atoms with Crippen molar-refractivity contribution in [1.82, 2.24) is 5.32 Å². The molecule has 0 aromatic rings. The molecule has 1 heterocycles. The van der Waals surface area contributed by atoms with Crippen molar-refractivity contribution in [2.24, 2.45) is 5.92 Å². The quantitative estimate of drug-likeness (QED) is 0.591. The van der Waals surface area contributed by atoms with Gasteiger partial charge in [0.2, 0.25) is 5.91 Å². The van der Waals surface area contributed by atoms with Crippen molar-refractivity contribution >= 4 is 5.91 Å². The third-order valence-electron chi connectivity index (χ3n) is 2.60. The number of ether oxygens (including phenoxy) is 1. The fourth-order valence-corrected chi connectivity index (χ4v) is 1.62. The van der Waals surface area contributed by atoms with Crippen LogP contribution in [0, 0.1) is 5.92 Å². The molecule has 1 aliphatic heterocycles. The topological polar surface area (TPSA) is 38.3 Å². The van der Waals surface area contributed by atoms with Gasteiger partial charge in [-0.1, -0.05) is 6.42 Å². The van der Waals surface area contributed by atoms with Crippen molar-refractivity contribution in [2.75, 3.05) is 13.2 Å². The summed E-state index contributed by atoms with van der Waals surface area (Å²) in [6.07, 6.45) is 4.20. The standard InChI is InChI=1S/C8H13NO2/c10-8-5-11-7(4-9-8)6-2-1-3-6/h6-7H,1-5H2,(H,9,10)/t7-/m1/s1. The molecule has 0 aromatic heterocycles. The highest BCUT2D eigenvalue weighted by atomic mass is 16.5. The Bertz CT molecular complexity index is 155. The highest BCUT2D eigenvalue weighted by Gasteiger charge is 2.30. The first-order valence-corrected chi connectivity index (χ1v) is 4.24. The summed E-state index contributed by atoms with van der Waals surface area (Å²) >= 11 is 0. The lowest BCUT2D eigenvalue weighted by Crippen LogP contribution is -2.47. The summed E-state index contributed by atoms with van der Waals surface area (Å²) in [5.41, 5.74) is 0. The van der Waals surface area contributed by atoms with Crippen molar-refractivity contribution in [3.63, 3.8) is 0 Å². The van der Waals surface area contributed by atoms with E-state index in [0.29, 0.717) is 6.10 Å². The summed E-state index contributed by atoms with van der Waals surface area (Å²) in [6.45, 7) is 0.991. The Balaban J connectivity index is 1.82. The number of amides is 1. The zero-order valence-corrected chi connectivity index (χ0v) is 6.51. The Labute approximate surface area is 66.1 Å². The van der Waals surface area contributed by atoms with Crippen LogP contribution in [0.5, 0.6) is 0 Å². The van der Waals surface area contributed by atoms with Gasteiger partial charge in [-0.15, -0.1) is 0 Å². The lowest BCUT2D eigenvalue weighted by molar-refractivity contribution is -0.137. The minimum Gasteiger partial charge on any atom is -0.366 e. The van der Waals surface area contributed by atoms with Gasteiger partial charge in [-0.05, 0) is 18.8 Å². The predicted octanol–water partition coefficient (Wildman–Crippen LogP) is 0.301. The highest BCUT2D eigenvalue weighted by Crippen LogP contribution is 2.31. The van der Waals surface area contributed by atoms with Crippen LogP contribution in [0.3, 0.4) is 0 Å². The predicted molar refractivity (Wildman–Crippen MR) is 40.1 cm³/mol. The van der Waals surface area contributed by atoms with E-state index in [9.17, 15) is 4.79 Å². The molecule has 1 atom stereocenters. The SMILES string of the molecule is O=C1CO[C@@H](C2CCC2)CN1. The van der Waals surface area contributed by atoms with Crippen LogP contribution in [-0.2, 0) is 9.53 Å². The van der Waals surface area contributed by atoms with Gasteiger partial charge < -0.3 is 10.1 Å². The Morgan fingerprint density at radius 2 is 2.27 bits per heavy atom. The third-order valence-corrected chi connectivity index (χ3v) is 2.60. The number of carbonyl (C=O) groups is 1. The smallest absolute Gasteiger partial charge is 0.246 e. The van der Waals surface area contributed by atoms with E-state index in [2.05, 4.69) is 5.32 Å². The molecular formula is C8H13NO2. The minimum absolute atomic E-state index is 0.0283. The van der Waals surface area contributed by atoms with Crippen LogP contribution < -0.4 is 5.32 Å². The molecule has 1 saturated carbocycles. The van der Waals surface area contributed by atoms with Crippen LogP contribution in [0.15, 0.2) is 0 Å². The largest absolute Gasteiger partial charge is 0.366 e. The number of hydrogen-bond donors (Lipinski definition) is 1. The van der Waals surface area contributed by atoms with Gasteiger partial charge in [0.05, 0.1) is 6.10 Å². The molecule has 2 rings (SSSR count). The lowest BCUT2D eigenvalue weighted by atomic mass is 9.81. The van der Waals surface area contributed by atoms with Crippen molar-refractivity contribution < 1.29 is 9.53 Å². The zero-order valence-electron chi connectivity index (χ0n) is 6.51. The minimum atomic E-state index is 0.0283. The average molecular weight is 155 g/mol. The van der Waals surface area contributed by atoms with Gasteiger partial charge >= 0.3 is 0 Å². The van der Waals surface area contributed by atoms with E-state index in [1.54, 1.807) is 0 Å². The van der Waals surface area contributed by atoms with Gasteiger partial charge in [-0.3, -0.25) is 4.79 Å². The van der Waals surface area contributed by atoms with E-state index in [4.69, 9.17) is 4.74 Å². The van der Waals surface area contributed by atoms with Crippen LogP contribution in [0.2, 0.25) is 0 Å². The van der Waals surface area contributed by atoms with Gasteiger partial charge in [0.25, 0.3) is 0 Å². The Hall–Kier alpha value is -0.570. The molecule has 2 aliphatic rings. The molecule has 1 saturated heterocycles. The van der Waals surface area contributed by atoms with Gasteiger partial charge in [-0.2, -0.15) is 0 Å². The number of morpholine rings is 1. The summed E-state index contributed by atoms with van der Waals surface area (Å²) in [5, 5.41) is 2.82. The summed E-state index contributed by atoms with van der Waals surface area (Å²) in [5.74, 6) is 0.746. The molecule has 1 aliphatic carbocycles. The molecule has 3 nitrogen and oxygen atoms in total. The highest BCUT2D eigenvalue weighted by molar-refractivity contribution is 5.77. The molecule has 0 bridgehead atoms. The number of rotatable bonds is 1. The Morgan fingerprint density at radius 1 is 1.45 bits per heavy atom. The normalized spacial score (nSPS) is 32.7. The second-order valence-corrected chi connectivity index (χ2v) is 3.34. The number of carbonyl (C=O) groups excluding carboxylic acids is 1.